The molecule has 2 aromatic heterocycles. The minimum Gasteiger partial charge on any atom is -0.306 e. The molecule has 4 aromatic rings. The van der Waals surface area contributed by atoms with Crippen LogP contribution in [0.25, 0.3) is 11.0 Å². The van der Waals surface area contributed by atoms with Crippen molar-refractivity contribution in [1.82, 2.24) is 30.2 Å². The van der Waals surface area contributed by atoms with E-state index in [0.717, 1.165) is 42.7 Å². The molecule has 1 aliphatic carbocycles. The van der Waals surface area contributed by atoms with Gasteiger partial charge in [-0.15, -0.1) is 10.2 Å². The first-order chi connectivity index (χ1) is 18.2. The first-order valence-corrected chi connectivity index (χ1v) is 13.1. The lowest BCUT2D eigenvalue weighted by molar-refractivity contribution is -0.117. The summed E-state index contributed by atoms with van der Waals surface area (Å²) in [6.45, 7) is 3.52. The van der Waals surface area contributed by atoms with Crippen LogP contribution in [0.5, 0.6) is 0 Å². The molecule has 2 aliphatic rings. The van der Waals surface area contributed by atoms with E-state index in [1.807, 2.05) is 29.2 Å². The van der Waals surface area contributed by atoms with E-state index in [4.69, 9.17) is 4.98 Å². The van der Waals surface area contributed by atoms with Crippen LogP contribution in [-0.4, -0.2) is 42.6 Å². The number of anilines is 1. The number of fused-ring (bicyclic) bond motifs is 1. The molecular weight excluding hydrogens is 462 g/mol. The van der Waals surface area contributed by atoms with Crippen LogP contribution >= 0.6 is 0 Å². The van der Waals surface area contributed by atoms with Crippen LogP contribution in [0, 0.1) is 0 Å². The van der Waals surface area contributed by atoms with Gasteiger partial charge in [-0.2, -0.15) is 5.21 Å². The van der Waals surface area contributed by atoms with E-state index < -0.39 is 5.41 Å². The average Bonchev–Trinajstić information content (AvgIpc) is 3.69. The normalized spacial score (nSPS) is 21.6. The molecule has 188 valence electrons. The lowest BCUT2D eigenvalue weighted by atomic mass is 9.63. The third-order valence-corrected chi connectivity index (χ3v) is 7.72. The first kappa shape index (κ1) is 23.3. The number of aromatic amines is 1. The van der Waals surface area contributed by atoms with Gasteiger partial charge in [0, 0.05) is 25.4 Å². The topological polar surface area (TPSA) is 92.6 Å². The van der Waals surface area contributed by atoms with Crippen molar-refractivity contribution < 1.29 is 4.79 Å². The Kier molecular flexibility index (Phi) is 6.16. The smallest absolute Gasteiger partial charge is 0.229 e. The number of nitrogens with one attached hydrogen (secondary N) is 1. The fourth-order valence-corrected chi connectivity index (χ4v) is 6.01. The van der Waals surface area contributed by atoms with E-state index in [1.165, 1.54) is 11.1 Å². The molecule has 6 rings (SSSR count). The molecule has 2 unspecified atom stereocenters. The van der Waals surface area contributed by atoms with Crippen molar-refractivity contribution in [3.8, 4) is 0 Å². The number of hydrogen-bond acceptors (Lipinski definition) is 5. The monoisotopic (exact) mass is 493 g/mol. The van der Waals surface area contributed by atoms with Crippen molar-refractivity contribution in [2.45, 2.75) is 56.9 Å². The van der Waals surface area contributed by atoms with Gasteiger partial charge in [0.1, 0.15) is 0 Å². The number of H-pyrrole nitrogens is 1. The summed E-state index contributed by atoms with van der Waals surface area (Å²) >= 11 is 0. The minimum atomic E-state index is -0.436. The largest absolute Gasteiger partial charge is 0.306 e. The predicted molar refractivity (Wildman–Crippen MR) is 143 cm³/mol. The lowest BCUT2D eigenvalue weighted by Gasteiger charge is -2.40. The highest BCUT2D eigenvalue weighted by atomic mass is 16.2. The van der Waals surface area contributed by atoms with Crippen LogP contribution in [0.3, 0.4) is 0 Å². The zero-order valence-electron chi connectivity index (χ0n) is 21.0. The third-order valence-electron chi connectivity index (χ3n) is 7.72. The van der Waals surface area contributed by atoms with Crippen molar-refractivity contribution in [2.75, 3.05) is 11.4 Å². The molecule has 2 atom stereocenters. The van der Waals surface area contributed by atoms with Crippen molar-refractivity contribution in [3.63, 3.8) is 0 Å². The number of benzene rings is 2. The molecule has 2 aromatic carbocycles. The van der Waals surface area contributed by atoms with Gasteiger partial charge in [0.25, 0.3) is 0 Å². The summed E-state index contributed by atoms with van der Waals surface area (Å²) in [7, 11) is 0. The summed E-state index contributed by atoms with van der Waals surface area (Å²) in [5.41, 5.74) is 3.93. The van der Waals surface area contributed by atoms with Gasteiger partial charge in [-0.05, 0) is 36.1 Å². The number of para-hydroxylation sites is 2. The number of rotatable bonds is 8. The van der Waals surface area contributed by atoms with Crippen LogP contribution in [-0.2, 0) is 16.8 Å². The Hall–Kier alpha value is -4.07. The van der Waals surface area contributed by atoms with Crippen LogP contribution in [0.4, 0.5) is 5.95 Å². The highest BCUT2D eigenvalue weighted by Gasteiger charge is 2.45. The molecule has 0 spiro atoms. The van der Waals surface area contributed by atoms with Gasteiger partial charge in [0.05, 0.1) is 16.4 Å². The Morgan fingerprint density at radius 2 is 1.95 bits per heavy atom. The zero-order chi connectivity index (χ0) is 25.2. The number of hydrogen-bond donors (Lipinski definition) is 1. The van der Waals surface area contributed by atoms with E-state index in [1.54, 1.807) is 0 Å². The van der Waals surface area contributed by atoms with Gasteiger partial charge >= 0.3 is 0 Å². The fraction of sp³-hybridized carbons (Fsp3) is 0.345. The number of tetrazole rings is 1. The number of allylic oxidation sites excluding steroid dienone is 4. The Balaban J connectivity index is 1.50. The SMILES string of the molecule is CCCCC1(c2nn[nH]n2)C=CC=C(Cn2c(N3CCCC3=O)nc3ccccc32)C1c1ccccc1. The minimum absolute atomic E-state index is 0.00569. The number of imidazole rings is 1. The molecule has 37 heavy (non-hydrogen) atoms. The standard InChI is InChI=1S/C29H31N7O/c1-2-3-17-29(27-31-33-34-32-27)18-9-13-22(26(29)21-11-5-4-6-12-21)20-36-24-15-8-7-14-23(24)30-28(36)35-19-10-16-25(35)37/h4-9,11-15,18,26H,2-3,10,16-17,19-20H2,1H3,(H,31,32,33,34). The van der Waals surface area contributed by atoms with Gasteiger partial charge in [0.15, 0.2) is 5.82 Å². The molecule has 1 amide bonds. The van der Waals surface area contributed by atoms with Gasteiger partial charge in [0.2, 0.25) is 11.9 Å². The van der Waals surface area contributed by atoms with Crippen LogP contribution in [0.1, 0.15) is 56.3 Å². The van der Waals surface area contributed by atoms with Gasteiger partial charge in [-0.25, -0.2) is 4.98 Å². The van der Waals surface area contributed by atoms with Gasteiger partial charge in [-0.1, -0.05) is 85.7 Å². The van der Waals surface area contributed by atoms with E-state index in [2.05, 4.69) is 80.7 Å². The Morgan fingerprint density at radius 3 is 2.70 bits per heavy atom. The fourth-order valence-electron chi connectivity index (χ4n) is 6.01. The van der Waals surface area contributed by atoms with Crippen molar-refractivity contribution in [2.24, 2.45) is 0 Å². The Bertz CT molecular complexity index is 1450. The van der Waals surface area contributed by atoms with Crippen LogP contribution in [0.2, 0.25) is 0 Å². The molecule has 0 saturated carbocycles. The van der Waals surface area contributed by atoms with E-state index in [9.17, 15) is 4.79 Å². The molecule has 1 N–H and O–H groups in total. The first-order valence-electron chi connectivity index (χ1n) is 13.1. The van der Waals surface area contributed by atoms with E-state index in [-0.39, 0.29) is 11.8 Å². The summed E-state index contributed by atoms with van der Waals surface area (Å²) in [4.78, 5) is 19.6. The summed E-state index contributed by atoms with van der Waals surface area (Å²) < 4.78 is 2.21. The molecule has 8 nitrogen and oxygen atoms in total. The summed E-state index contributed by atoms with van der Waals surface area (Å²) in [6.07, 6.45) is 11.0. The maximum atomic E-state index is 12.8. The van der Waals surface area contributed by atoms with Crippen LogP contribution in [0.15, 0.2) is 78.4 Å². The zero-order valence-corrected chi connectivity index (χ0v) is 21.0. The highest BCUT2D eigenvalue weighted by molar-refractivity contribution is 5.95. The second-order valence-electron chi connectivity index (χ2n) is 9.96. The van der Waals surface area contributed by atoms with Gasteiger partial charge < -0.3 is 4.57 Å². The Morgan fingerprint density at radius 1 is 1.11 bits per heavy atom. The Labute approximate surface area is 216 Å². The second-order valence-corrected chi connectivity index (χ2v) is 9.96. The number of carbonyl (C=O) groups is 1. The number of unbranched alkanes of at least 4 members (excludes halogenated alkanes) is 1. The van der Waals surface area contributed by atoms with E-state index >= 15 is 0 Å². The molecule has 8 heteroatoms. The predicted octanol–water partition coefficient (Wildman–Crippen LogP) is 5.08. The number of amides is 1. The molecule has 1 aliphatic heterocycles. The number of nitrogens with zero attached hydrogens (tertiary/aromatic N) is 6. The quantitative estimate of drug-likeness (QED) is 0.369. The number of carbonyl (C=O) groups excluding carboxylic acids is 1. The highest BCUT2D eigenvalue weighted by Crippen LogP contribution is 2.49. The molecule has 1 saturated heterocycles. The van der Waals surface area contributed by atoms with Crippen molar-refractivity contribution in [1.29, 1.82) is 0 Å². The summed E-state index contributed by atoms with van der Waals surface area (Å²) in [6, 6.07) is 18.7. The maximum Gasteiger partial charge on any atom is 0.229 e. The second kappa shape index (κ2) is 9.76. The molecule has 3 heterocycles. The summed E-state index contributed by atoms with van der Waals surface area (Å²) in [5, 5.41) is 15.7. The van der Waals surface area contributed by atoms with Crippen molar-refractivity contribution >= 4 is 22.9 Å². The number of aromatic nitrogens is 6. The molecule has 1 fully saturated rings. The van der Waals surface area contributed by atoms with E-state index in [0.29, 0.717) is 25.3 Å². The third kappa shape index (κ3) is 4.06. The molecule has 0 radical (unpaired) electrons. The van der Waals surface area contributed by atoms with Gasteiger partial charge in [-0.3, -0.25) is 9.69 Å². The lowest BCUT2D eigenvalue weighted by Crippen LogP contribution is -2.37. The average molecular weight is 494 g/mol. The summed E-state index contributed by atoms with van der Waals surface area (Å²) in [5.74, 6) is 1.58. The van der Waals surface area contributed by atoms with Crippen LogP contribution < -0.4 is 4.90 Å². The van der Waals surface area contributed by atoms with Crippen molar-refractivity contribution in [3.05, 3.63) is 89.8 Å². The molecular formula is C29H31N7O. The molecule has 0 bridgehead atoms. The maximum absolute atomic E-state index is 12.8.